The van der Waals surface area contributed by atoms with E-state index in [2.05, 4.69) is 10.3 Å². The number of benzene rings is 2. The van der Waals surface area contributed by atoms with Crippen molar-refractivity contribution in [1.29, 1.82) is 0 Å². The normalized spacial score (nSPS) is 12.4. The summed E-state index contributed by atoms with van der Waals surface area (Å²) in [7, 11) is -2.08. The number of hydrogen-bond acceptors (Lipinski definition) is 5. The predicted molar refractivity (Wildman–Crippen MR) is 117 cm³/mol. The first-order valence-electron chi connectivity index (χ1n) is 9.46. The van der Waals surface area contributed by atoms with Crippen molar-refractivity contribution in [3.63, 3.8) is 0 Å². The average Bonchev–Trinajstić information content (AvgIpc) is 2.71. The second kappa shape index (κ2) is 9.23. The van der Waals surface area contributed by atoms with E-state index in [-0.39, 0.29) is 17.5 Å². The summed E-state index contributed by atoms with van der Waals surface area (Å²) in [6, 6.07) is 15.5. The van der Waals surface area contributed by atoms with E-state index < -0.39 is 10.0 Å². The number of hydrogen-bond donors (Lipinski definition) is 2. The topological polar surface area (TPSA) is 94.3 Å². The van der Waals surface area contributed by atoms with Crippen molar-refractivity contribution >= 4 is 21.5 Å². The van der Waals surface area contributed by atoms with Gasteiger partial charge in [0.2, 0.25) is 10.0 Å². The Labute approximate surface area is 176 Å². The summed E-state index contributed by atoms with van der Waals surface area (Å²) in [4.78, 5) is 4.35. The SMILES string of the molecule is CCC(CS(N)(=O)=O)c1cccc(Nc2cc(-c3ccc(F)cc3OC)ccn2)c1. The van der Waals surface area contributed by atoms with Crippen molar-refractivity contribution in [3.8, 4) is 16.9 Å². The van der Waals surface area contributed by atoms with Crippen LogP contribution >= 0.6 is 0 Å². The van der Waals surface area contributed by atoms with Crippen molar-refractivity contribution in [2.24, 2.45) is 5.14 Å². The van der Waals surface area contributed by atoms with Gasteiger partial charge in [0.05, 0.1) is 12.9 Å². The number of pyridine rings is 1. The first-order valence-corrected chi connectivity index (χ1v) is 11.2. The van der Waals surface area contributed by atoms with E-state index in [1.807, 2.05) is 43.3 Å². The Hall–Kier alpha value is -2.97. The minimum atomic E-state index is -3.57. The molecule has 1 unspecified atom stereocenters. The van der Waals surface area contributed by atoms with E-state index in [0.29, 0.717) is 18.0 Å². The van der Waals surface area contributed by atoms with E-state index in [9.17, 15) is 12.8 Å². The number of halogens is 1. The zero-order valence-corrected chi connectivity index (χ0v) is 17.6. The number of ether oxygens (including phenoxy) is 1. The Morgan fingerprint density at radius 2 is 1.97 bits per heavy atom. The molecule has 0 amide bonds. The van der Waals surface area contributed by atoms with E-state index in [0.717, 1.165) is 22.4 Å². The fourth-order valence-corrected chi connectivity index (χ4v) is 4.31. The van der Waals surface area contributed by atoms with Gasteiger partial charge in [0.25, 0.3) is 0 Å². The predicted octanol–water partition coefficient (Wildman–Crippen LogP) is 4.42. The van der Waals surface area contributed by atoms with Gasteiger partial charge in [-0.15, -0.1) is 0 Å². The van der Waals surface area contributed by atoms with Crippen LogP contribution in [-0.2, 0) is 10.0 Å². The second-order valence-corrected chi connectivity index (χ2v) is 8.62. The zero-order valence-electron chi connectivity index (χ0n) is 16.8. The summed E-state index contributed by atoms with van der Waals surface area (Å²) >= 11 is 0. The highest BCUT2D eigenvalue weighted by Gasteiger charge is 2.16. The first kappa shape index (κ1) is 21.7. The van der Waals surface area contributed by atoms with Gasteiger partial charge in [0, 0.05) is 23.5 Å². The first-order chi connectivity index (χ1) is 14.3. The Kier molecular flexibility index (Phi) is 6.69. The molecule has 0 saturated heterocycles. The molecule has 0 bridgehead atoms. The Bertz CT molecular complexity index is 1140. The molecule has 3 aromatic rings. The lowest BCUT2D eigenvalue weighted by Gasteiger charge is -2.16. The van der Waals surface area contributed by atoms with Gasteiger partial charge >= 0.3 is 0 Å². The van der Waals surface area contributed by atoms with Gasteiger partial charge in [-0.05, 0) is 59.9 Å². The number of anilines is 2. The van der Waals surface area contributed by atoms with E-state index >= 15 is 0 Å². The molecule has 3 N–H and O–H groups in total. The molecule has 0 aliphatic carbocycles. The summed E-state index contributed by atoms with van der Waals surface area (Å²) < 4.78 is 41.8. The number of sulfonamides is 1. The number of methoxy groups -OCH3 is 1. The number of rotatable bonds is 8. The molecule has 2 aromatic carbocycles. The van der Waals surface area contributed by atoms with Gasteiger partial charge in [-0.1, -0.05) is 19.1 Å². The van der Waals surface area contributed by atoms with Crippen LogP contribution in [0, 0.1) is 5.82 Å². The van der Waals surface area contributed by atoms with Crippen LogP contribution in [0.5, 0.6) is 5.75 Å². The molecule has 158 valence electrons. The van der Waals surface area contributed by atoms with Crippen molar-refractivity contribution in [3.05, 3.63) is 72.2 Å². The minimum absolute atomic E-state index is 0.106. The van der Waals surface area contributed by atoms with Gasteiger partial charge in [-0.25, -0.2) is 22.9 Å². The number of primary sulfonamides is 1. The lowest BCUT2D eigenvalue weighted by atomic mass is 9.98. The Balaban J connectivity index is 1.87. The standard InChI is InChI=1S/C22H24FN3O3S/c1-3-15(14-30(24,27)28)16-5-4-6-19(11-16)26-22-12-17(9-10-25-22)20-8-7-18(23)13-21(20)29-2/h4-13,15H,3,14H2,1-2H3,(H,25,26)(H2,24,27,28). The zero-order chi connectivity index (χ0) is 21.7. The third-order valence-electron chi connectivity index (χ3n) is 4.79. The fraction of sp³-hybridized carbons (Fsp3) is 0.227. The molecule has 8 heteroatoms. The number of nitrogens with two attached hydrogens (primary N) is 1. The number of aromatic nitrogens is 1. The lowest BCUT2D eigenvalue weighted by molar-refractivity contribution is 0.413. The maximum absolute atomic E-state index is 13.5. The van der Waals surface area contributed by atoms with Gasteiger partial charge in [0.1, 0.15) is 17.4 Å². The van der Waals surface area contributed by atoms with Crippen molar-refractivity contribution in [2.45, 2.75) is 19.3 Å². The van der Waals surface area contributed by atoms with Crippen LogP contribution in [0.2, 0.25) is 0 Å². The minimum Gasteiger partial charge on any atom is -0.496 e. The summed E-state index contributed by atoms with van der Waals surface area (Å²) in [5.74, 6) is 0.359. The lowest BCUT2D eigenvalue weighted by Crippen LogP contribution is -2.21. The van der Waals surface area contributed by atoms with Crippen LogP contribution in [-0.4, -0.2) is 26.3 Å². The largest absolute Gasteiger partial charge is 0.496 e. The van der Waals surface area contributed by atoms with Crippen LogP contribution in [0.25, 0.3) is 11.1 Å². The number of nitrogens with zero attached hydrogens (tertiary/aromatic N) is 1. The fourth-order valence-electron chi connectivity index (χ4n) is 3.32. The smallest absolute Gasteiger partial charge is 0.209 e. The van der Waals surface area contributed by atoms with Gasteiger partial charge in [-0.2, -0.15) is 0 Å². The maximum Gasteiger partial charge on any atom is 0.209 e. The molecule has 0 radical (unpaired) electrons. The molecular formula is C22H24FN3O3S. The third-order valence-corrected chi connectivity index (χ3v) is 5.66. The van der Waals surface area contributed by atoms with E-state index in [1.54, 1.807) is 12.3 Å². The molecule has 0 aliphatic heterocycles. The number of nitrogens with one attached hydrogen (secondary N) is 1. The molecule has 0 fully saturated rings. The molecular weight excluding hydrogens is 405 g/mol. The summed E-state index contributed by atoms with van der Waals surface area (Å²) in [5, 5.41) is 8.47. The highest BCUT2D eigenvalue weighted by atomic mass is 32.2. The third kappa shape index (κ3) is 5.55. The van der Waals surface area contributed by atoms with E-state index in [1.165, 1.54) is 19.2 Å². The summed E-state index contributed by atoms with van der Waals surface area (Å²) in [5.41, 5.74) is 3.22. The summed E-state index contributed by atoms with van der Waals surface area (Å²) in [6.07, 6.45) is 2.30. The molecule has 0 saturated carbocycles. The van der Waals surface area contributed by atoms with Crippen molar-refractivity contribution < 1.29 is 17.5 Å². The molecule has 0 aliphatic rings. The van der Waals surface area contributed by atoms with Crippen molar-refractivity contribution in [1.82, 2.24) is 4.98 Å². The monoisotopic (exact) mass is 429 g/mol. The molecule has 1 aromatic heterocycles. The van der Waals surface area contributed by atoms with Crippen LogP contribution in [0.4, 0.5) is 15.9 Å². The van der Waals surface area contributed by atoms with Crippen LogP contribution in [0.15, 0.2) is 60.8 Å². The van der Waals surface area contributed by atoms with Gasteiger partial charge < -0.3 is 10.1 Å². The molecule has 3 rings (SSSR count). The Morgan fingerprint density at radius 3 is 2.67 bits per heavy atom. The highest BCUT2D eigenvalue weighted by molar-refractivity contribution is 7.89. The van der Waals surface area contributed by atoms with Crippen molar-refractivity contribution in [2.75, 3.05) is 18.2 Å². The molecule has 1 heterocycles. The quantitative estimate of drug-likeness (QED) is 0.553. The molecule has 30 heavy (non-hydrogen) atoms. The Morgan fingerprint density at radius 1 is 1.17 bits per heavy atom. The van der Waals surface area contributed by atoms with Gasteiger partial charge in [0.15, 0.2) is 0 Å². The maximum atomic E-state index is 13.5. The highest BCUT2D eigenvalue weighted by Crippen LogP contribution is 2.32. The van der Waals surface area contributed by atoms with Crippen LogP contribution < -0.4 is 15.2 Å². The van der Waals surface area contributed by atoms with Gasteiger partial charge in [-0.3, -0.25) is 0 Å². The molecule has 0 spiro atoms. The van der Waals surface area contributed by atoms with Crippen LogP contribution in [0.3, 0.4) is 0 Å². The average molecular weight is 430 g/mol. The summed E-state index contributed by atoms with van der Waals surface area (Å²) in [6.45, 7) is 1.93. The van der Waals surface area contributed by atoms with E-state index in [4.69, 9.17) is 9.88 Å². The second-order valence-electron chi connectivity index (χ2n) is 6.96. The molecule has 6 nitrogen and oxygen atoms in total. The van der Waals surface area contributed by atoms with Crippen LogP contribution in [0.1, 0.15) is 24.8 Å². The molecule has 1 atom stereocenters.